The second kappa shape index (κ2) is 16.3. The molecule has 11 heavy (non-hydrogen) atoms. The van der Waals surface area contributed by atoms with E-state index in [9.17, 15) is 0 Å². The van der Waals surface area contributed by atoms with Gasteiger partial charge in [-0.3, -0.25) is 0 Å². The van der Waals surface area contributed by atoms with E-state index in [4.69, 9.17) is 13.6 Å². The van der Waals surface area contributed by atoms with Crippen molar-refractivity contribution >= 4 is 16.1 Å². The van der Waals surface area contributed by atoms with Crippen molar-refractivity contribution in [3.05, 3.63) is 0 Å². The highest BCUT2D eigenvalue weighted by molar-refractivity contribution is 6.17. The van der Waals surface area contributed by atoms with E-state index in [1.54, 1.807) is 0 Å². The maximum atomic E-state index is 8.88. The summed E-state index contributed by atoms with van der Waals surface area (Å²) in [4.78, 5) is 11.8. The molecule has 0 bridgehead atoms. The van der Waals surface area contributed by atoms with E-state index < -0.39 is 10.0 Å². The van der Waals surface area contributed by atoms with Gasteiger partial charge in [0.1, 0.15) is 0 Å². The number of hydrogen-bond donors (Lipinski definition) is 0. The minimum absolute atomic E-state index is 0.589. The van der Waals surface area contributed by atoms with E-state index in [2.05, 4.69) is 4.99 Å². The Bertz CT molecular complexity index is 100. The Morgan fingerprint density at radius 3 is 1.91 bits per heavy atom. The van der Waals surface area contributed by atoms with E-state index in [1.807, 2.05) is 13.8 Å². The third-order valence-electron chi connectivity index (χ3n) is 0.666. The van der Waals surface area contributed by atoms with Crippen LogP contribution in [0.1, 0.15) is 13.8 Å². The maximum Gasteiger partial charge on any atom is 0.304 e. The van der Waals surface area contributed by atoms with Crippen LogP contribution in [0.25, 0.3) is 0 Å². The summed E-state index contributed by atoms with van der Waals surface area (Å²) in [7, 11) is 0.793. The number of carbonyl (C=O) groups excluding carboxylic acids is 1. The molecule has 0 radical (unpaired) electrons. The van der Waals surface area contributed by atoms with Crippen LogP contribution in [0, 0.1) is 0 Å². The Morgan fingerprint density at radius 1 is 1.36 bits per heavy atom. The Kier molecular flexibility index (Phi) is 19.4. The average molecular weight is 177 g/mol. The van der Waals surface area contributed by atoms with Crippen molar-refractivity contribution in [2.75, 3.05) is 20.3 Å². The van der Waals surface area contributed by atoms with Crippen molar-refractivity contribution in [1.29, 1.82) is 0 Å². The highest BCUT2D eigenvalue weighted by Gasteiger charge is 1.79. The first-order chi connectivity index (χ1) is 5.33. The largest absolute Gasteiger partial charge is 0.399 e. The predicted octanol–water partition coefficient (Wildman–Crippen LogP) is 0.0102. The smallest absolute Gasteiger partial charge is 0.304 e. The molecule has 0 amide bonds. The van der Waals surface area contributed by atoms with Gasteiger partial charge in [0.05, 0.1) is 0 Å². The molecule has 0 aliphatic heterocycles. The molecule has 0 atom stereocenters. The van der Waals surface area contributed by atoms with Gasteiger partial charge in [0.15, 0.2) is 0 Å². The van der Waals surface area contributed by atoms with Crippen molar-refractivity contribution in [3.8, 4) is 0 Å². The third kappa shape index (κ3) is 26.4. The quantitative estimate of drug-likeness (QED) is 0.263. The van der Waals surface area contributed by atoms with E-state index in [0.29, 0.717) is 0 Å². The summed E-state index contributed by atoms with van der Waals surface area (Å²) in [5, 5.41) is 0. The fourth-order valence-electron chi connectivity index (χ4n) is 0.226. The number of rotatable bonds is 4. The Hall–Kier alpha value is -0.483. The molecule has 66 valence electrons. The number of aliphatic imine (C=N–C) groups is 1. The zero-order valence-electron chi connectivity index (χ0n) is 7.29. The zero-order valence-corrected chi connectivity index (χ0v) is 8.71. The molecule has 0 saturated heterocycles. The summed E-state index contributed by atoms with van der Waals surface area (Å²) in [5.74, 6) is 0. The molecule has 0 heterocycles. The van der Waals surface area contributed by atoms with Crippen LogP contribution in [0.5, 0.6) is 0 Å². The molecule has 0 aliphatic rings. The van der Waals surface area contributed by atoms with Crippen LogP contribution >= 0.6 is 0 Å². The predicted molar refractivity (Wildman–Crippen MR) is 45.8 cm³/mol. The van der Waals surface area contributed by atoms with Crippen LogP contribution in [0.3, 0.4) is 0 Å². The first-order valence-electron chi connectivity index (χ1n) is 3.44. The molecule has 0 aromatic heterocycles. The molecule has 0 unspecified atom stereocenters. The monoisotopic (exact) mass is 177 g/mol. The number of hydrogen-bond acceptors (Lipinski definition) is 4. The van der Waals surface area contributed by atoms with E-state index >= 15 is 0 Å². The highest BCUT2D eigenvalue weighted by atomic mass is 28.3. The van der Waals surface area contributed by atoms with Crippen LogP contribution in [0.4, 0.5) is 0 Å². The molecule has 0 N–H and O–H groups in total. The lowest BCUT2D eigenvalue weighted by Crippen LogP contribution is -2.02. The zero-order chi connectivity index (χ0) is 8.95. The molecule has 0 aromatic rings. The van der Waals surface area contributed by atoms with Crippen molar-refractivity contribution < 1.29 is 13.6 Å². The van der Waals surface area contributed by atoms with E-state index in [1.165, 1.54) is 13.1 Å². The summed E-state index contributed by atoms with van der Waals surface area (Å²) in [6.07, 6.45) is 1.31. The first kappa shape index (κ1) is 13.1. The summed E-state index contributed by atoms with van der Waals surface area (Å²) < 4.78 is 9.98. The Labute approximate surface area is 69.7 Å². The molecule has 4 nitrogen and oxygen atoms in total. The lowest BCUT2D eigenvalue weighted by atomic mass is 10.9. The van der Waals surface area contributed by atoms with Crippen LogP contribution in [0.15, 0.2) is 4.99 Å². The Balaban J connectivity index is 0. The molecule has 0 saturated carbocycles. The lowest BCUT2D eigenvalue weighted by molar-refractivity contribution is 0.240. The topological polar surface area (TPSA) is 47.9 Å². The first-order valence-corrected chi connectivity index (χ1v) is 4.60. The Morgan fingerprint density at radius 2 is 1.73 bits per heavy atom. The normalized spacial score (nSPS) is 7.55. The summed E-state index contributed by atoms with van der Waals surface area (Å²) >= 11 is 0. The van der Waals surface area contributed by atoms with Gasteiger partial charge < -0.3 is 8.85 Å². The molecule has 0 fully saturated rings. The van der Waals surface area contributed by atoms with Gasteiger partial charge in [-0.15, -0.1) is 0 Å². The second-order valence-corrected chi connectivity index (χ2v) is 2.47. The van der Waals surface area contributed by atoms with Gasteiger partial charge >= 0.3 is 10.0 Å². The van der Waals surface area contributed by atoms with Crippen molar-refractivity contribution in [2.24, 2.45) is 4.99 Å². The second-order valence-electron chi connectivity index (χ2n) is 1.42. The van der Waals surface area contributed by atoms with Crippen LogP contribution in [0.2, 0.25) is 0 Å². The molecular formula is C6H15NO3Si. The van der Waals surface area contributed by atoms with E-state index in [-0.39, 0.29) is 0 Å². The van der Waals surface area contributed by atoms with Gasteiger partial charge in [-0.25, -0.2) is 9.79 Å². The fourth-order valence-corrected chi connectivity index (χ4v) is 0.677. The standard InChI is InChI=1S/C4H12O2Si.C2H3NO/c1-3-5-7-6-4-2;1-3-2-4/h3-4,7H2,1-2H3;1H3. The van der Waals surface area contributed by atoms with Gasteiger partial charge in [0, 0.05) is 20.3 Å². The van der Waals surface area contributed by atoms with E-state index in [0.717, 1.165) is 13.2 Å². The minimum Gasteiger partial charge on any atom is -0.399 e. The van der Waals surface area contributed by atoms with Crippen molar-refractivity contribution in [3.63, 3.8) is 0 Å². The van der Waals surface area contributed by atoms with Crippen molar-refractivity contribution in [2.45, 2.75) is 13.8 Å². The molecule has 0 spiro atoms. The SMILES string of the molecule is CCO[SiH2]OCC.CN=C=O. The van der Waals surface area contributed by atoms with Crippen LogP contribution in [-0.4, -0.2) is 36.3 Å². The third-order valence-corrected chi connectivity index (χ3v) is 1.82. The van der Waals surface area contributed by atoms with Crippen LogP contribution < -0.4 is 0 Å². The maximum absolute atomic E-state index is 8.88. The van der Waals surface area contributed by atoms with Crippen LogP contribution in [-0.2, 0) is 13.6 Å². The van der Waals surface area contributed by atoms with Gasteiger partial charge in [-0.2, -0.15) is 0 Å². The molecule has 0 aliphatic carbocycles. The van der Waals surface area contributed by atoms with Gasteiger partial charge in [-0.05, 0) is 13.8 Å². The lowest BCUT2D eigenvalue weighted by Gasteiger charge is -1.96. The fraction of sp³-hybridized carbons (Fsp3) is 0.833. The highest BCUT2D eigenvalue weighted by Crippen LogP contribution is 1.70. The molecule has 0 rings (SSSR count). The summed E-state index contributed by atoms with van der Waals surface area (Å²) in [6.45, 7) is 5.55. The van der Waals surface area contributed by atoms with Gasteiger partial charge in [-0.1, -0.05) is 0 Å². The summed E-state index contributed by atoms with van der Waals surface area (Å²) in [6, 6.07) is 0. The number of isocyanates is 1. The molecule has 5 heteroatoms. The van der Waals surface area contributed by atoms with Gasteiger partial charge in [0.2, 0.25) is 6.08 Å². The summed E-state index contributed by atoms with van der Waals surface area (Å²) in [5.41, 5.74) is 0. The van der Waals surface area contributed by atoms with Gasteiger partial charge in [0.25, 0.3) is 0 Å². The molecule has 0 aromatic carbocycles. The average Bonchev–Trinajstić information content (AvgIpc) is 2.06. The molecular weight excluding hydrogens is 162 g/mol. The van der Waals surface area contributed by atoms with Crippen molar-refractivity contribution in [1.82, 2.24) is 0 Å². The number of nitrogens with zero attached hydrogens (tertiary/aromatic N) is 1. The minimum atomic E-state index is -0.589.